The second kappa shape index (κ2) is 16.2. The molecular formula is C37H51N5O8S. The minimum Gasteiger partial charge on any atom is -0.446 e. The number of sulfonamides is 1. The van der Waals surface area contributed by atoms with Gasteiger partial charge in [-0.3, -0.25) is 19.1 Å². The van der Waals surface area contributed by atoms with Gasteiger partial charge in [-0.1, -0.05) is 73.8 Å². The van der Waals surface area contributed by atoms with Crippen LogP contribution in [0.5, 0.6) is 0 Å². The lowest BCUT2D eigenvalue weighted by atomic mass is 10.0. The van der Waals surface area contributed by atoms with Crippen molar-refractivity contribution >= 4 is 39.5 Å². The molecule has 3 N–H and O–H groups in total. The molecule has 0 spiro atoms. The number of oxime groups is 1. The van der Waals surface area contributed by atoms with Crippen LogP contribution < -0.4 is 15.4 Å². The van der Waals surface area contributed by atoms with Crippen LogP contribution in [-0.2, 0) is 34.0 Å². The van der Waals surface area contributed by atoms with Crippen LogP contribution in [0.25, 0.3) is 0 Å². The quantitative estimate of drug-likeness (QED) is 0.183. The van der Waals surface area contributed by atoms with Gasteiger partial charge in [0, 0.05) is 12.3 Å². The topological polar surface area (TPSA) is 173 Å². The molecule has 3 saturated carbocycles. The highest BCUT2D eigenvalue weighted by atomic mass is 32.2. The Balaban J connectivity index is 1.26. The van der Waals surface area contributed by atoms with Gasteiger partial charge in [0.1, 0.15) is 29.8 Å². The maximum absolute atomic E-state index is 14.4. The van der Waals surface area contributed by atoms with E-state index in [0.29, 0.717) is 32.1 Å². The molecule has 0 bridgehead atoms. The minimum absolute atomic E-state index is 0.0308. The Hall–Kier alpha value is -3.94. The fraction of sp³-hybridized carbons (Fsp3) is 0.649. The van der Waals surface area contributed by atoms with Gasteiger partial charge in [-0.05, 0) is 76.2 Å². The summed E-state index contributed by atoms with van der Waals surface area (Å²) in [7, 11) is -3.86. The predicted octanol–water partition coefficient (Wildman–Crippen LogP) is 4.22. The summed E-state index contributed by atoms with van der Waals surface area (Å²) in [6, 6.07) is 7.66. The fourth-order valence-electron chi connectivity index (χ4n) is 7.42. The molecular weight excluding hydrogens is 675 g/mol. The van der Waals surface area contributed by atoms with Crippen molar-refractivity contribution in [2.45, 2.75) is 138 Å². The van der Waals surface area contributed by atoms with Gasteiger partial charge in [-0.25, -0.2) is 13.2 Å². The van der Waals surface area contributed by atoms with Gasteiger partial charge in [-0.15, -0.1) is 0 Å². The van der Waals surface area contributed by atoms with E-state index >= 15 is 0 Å². The molecule has 4 amide bonds. The molecule has 13 nitrogen and oxygen atoms in total. The van der Waals surface area contributed by atoms with Gasteiger partial charge in [0.05, 0.1) is 17.5 Å². The Morgan fingerprint density at radius 1 is 1.00 bits per heavy atom. The molecule has 0 aromatic heterocycles. The summed E-state index contributed by atoms with van der Waals surface area (Å²) < 4.78 is 33.4. The number of ether oxygens (including phenoxy) is 1. The average molecular weight is 726 g/mol. The van der Waals surface area contributed by atoms with Crippen molar-refractivity contribution in [2.24, 2.45) is 11.1 Å². The van der Waals surface area contributed by atoms with Crippen LogP contribution in [0.3, 0.4) is 0 Å². The van der Waals surface area contributed by atoms with E-state index in [4.69, 9.17) is 9.57 Å². The Morgan fingerprint density at radius 3 is 2.47 bits per heavy atom. The first kappa shape index (κ1) is 36.8. The summed E-state index contributed by atoms with van der Waals surface area (Å²) in [5, 5.41) is 9.57. The summed E-state index contributed by atoms with van der Waals surface area (Å²) in [6.07, 6.45) is 12.0. The SMILES string of the molecule is CCC/C(=N\O[C@@H]1C[C@H]2C(=O)N[C@@]3(C(=O)NS(=O)(=O)C4CC4)C[C@H]3/C=C\CCCCC[C@H](NC(=O)OC3CCCC3)C(=O)N2C1)c1ccccc1. The second-order valence-electron chi connectivity index (χ2n) is 14.6. The normalized spacial score (nSPS) is 29.8. The van der Waals surface area contributed by atoms with Gasteiger partial charge < -0.3 is 25.1 Å². The van der Waals surface area contributed by atoms with Gasteiger partial charge >= 0.3 is 6.09 Å². The maximum Gasteiger partial charge on any atom is 0.408 e. The van der Waals surface area contributed by atoms with E-state index in [2.05, 4.69) is 20.5 Å². The van der Waals surface area contributed by atoms with E-state index in [9.17, 15) is 27.6 Å². The van der Waals surface area contributed by atoms with E-state index in [-0.39, 0.29) is 25.5 Å². The number of carbonyl (C=O) groups is 4. The molecule has 5 aliphatic rings. The van der Waals surface area contributed by atoms with E-state index in [1.54, 1.807) is 0 Å². The monoisotopic (exact) mass is 725 g/mol. The fourth-order valence-corrected chi connectivity index (χ4v) is 8.78. The smallest absolute Gasteiger partial charge is 0.408 e. The summed E-state index contributed by atoms with van der Waals surface area (Å²) in [4.78, 5) is 62.8. The van der Waals surface area contributed by atoms with Crippen molar-refractivity contribution in [3.63, 3.8) is 0 Å². The van der Waals surface area contributed by atoms with Crippen LogP contribution >= 0.6 is 0 Å². The number of hydrogen-bond donors (Lipinski definition) is 3. The van der Waals surface area contributed by atoms with Crippen molar-refractivity contribution in [3.8, 4) is 0 Å². The number of hydrogen-bond acceptors (Lipinski definition) is 9. The van der Waals surface area contributed by atoms with Crippen molar-refractivity contribution in [2.75, 3.05) is 6.54 Å². The summed E-state index contributed by atoms with van der Waals surface area (Å²) >= 11 is 0. The number of allylic oxidation sites excluding steroid dienone is 1. The maximum atomic E-state index is 14.4. The lowest BCUT2D eigenvalue weighted by molar-refractivity contribution is -0.141. The lowest BCUT2D eigenvalue weighted by Gasteiger charge is -2.30. The highest BCUT2D eigenvalue weighted by Crippen LogP contribution is 2.46. The summed E-state index contributed by atoms with van der Waals surface area (Å²) in [5.74, 6) is -2.20. The van der Waals surface area contributed by atoms with Crippen LogP contribution in [-0.4, -0.2) is 84.5 Å². The van der Waals surface area contributed by atoms with Crippen molar-refractivity contribution in [3.05, 3.63) is 48.0 Å². The molecule has 2 aliphatic heterocycles. The zero-order valence-electron chi connectivity index (χ0n) is 29.4. The molecule has 6 rings (SSSR count). The number of fused-ring (bicyclic) bond motifs is 2. The number of amides is 4. The van der Waals surface area contributed by atoms with Crippen LogP contribution in [0.4, 0.5) is 4.79 Å². The molecule has 4 fully saturated rings. The van der Waals surface area contributed by atoms with Crippen LogP contribution in [0, 0.1) is 5.92 Å². The largest absolute Gasteiger partial charge is 0.446 e. The van der Waals surface area contributed by atoms with Gasteiger partial charge in [-0.2, -0.15) is 0 Å². The van der Waals surface area contributed by atoms with Crippen molar-refractivity contribution in [1.29, 1.82) is 0 Å². The number of benzene rings is 1. The van der Waals surface area contributed by atoms with Crippen LogP contribution in [0.15, 0.2) is 47.6 Å². The molecule has 1 aromatic carbocycles. The van der Waals surface area contributed by atoms with E-state index in [0.717, 1.165) is 62.6 Å². The molecule has 1 saturated heterocycles. The van der Waals surface area contributed by atoms with Crippen molar-refractivity contribution in [1.82, 2.24) is 20.3 Å². The zero-order chi connectivity index (χ0) is 36.0. The minimum atomic E-state index is -3.86. The van der Waals surface area contributed by atoms with Crippen LogP contribution in [0.1, 0.15) is 109 Å². The third kappa shape index (κ3) is 9.11. The third-order valence-corrected chi connectivity index (χ3v) is 12.4. The standard InChI is InChI=1S/C37H51N5O8S/c1-2-13-30(25-14-7-6-8-15-25)40-50-28-22-32-33(43)39-37(35(45)41-51(47,48)29-20-21-29)23-26(37)16-9-4-3-5-10-19-31(34(44)42(32)24-28)38-36(46)49-27-17-11-12-18-27/h6-9,14-16,26-29,31-32H,2-5,10-13,17-24H2,1H3,(H,38,46)(H,39,43)(H,41,45)/b16-9-,40-30+/t26-,28-,31+,32+,37+/m1/s1. The van der Waals surface area contributed by atoms with E-state index < -0.39 is 68.7 Å². The molecule has 5 atom stereocenters. The first-order valence-electron chi connectivity index (χ1n) is 18.7. The molecule has 0 radical (unpaired) electrons. The Morgan fingerprint density at radius 2 is 1.75 bits per heavy atom. The molecule has 14 heteroatoms. The summed E-state index contributed by atoms with van der Waals surface area (Å²) in [6.45, 7) is 2.07. The molecule has 2 heterocycles. The third-order valence-electron chi connectivity index (χ3n) is 10.6. The Labute approximate surface area is 300 Å². The number of rotatable bonds is 10. The number of nitrogens with zero attached hydrogens (tertiary/aromatic N) is 2. The molecule has 0 unspecified atom stereocenters. The van der Waals surface area contributed by atoms with E-state index in [1.807, 2.05) is 49.4 Å². The number of nitrogens with one attached hydrogen (secondary N) is 3. The average Bonchev–Trinajstić information content (AvgIpc) is 3.98. The number of alkyl carbamates (subject to hydrolysis) is 1. The van der Waals surface area contributed by atoms with E-state index in [1.165, 1.54) is 4.90 Å². The van der Waals surface area contributed by atoms with Crippen molar-refractivity contribution < 1.29 is 37.2 Å². The van der Waals surface area contributed by atoms with Gasteiger partial charge in [0.25, 0.3) is 5.91 Å². The predicted molar refractivity (Wildman–Crippen MR) is 190 cm³/mol. The highest BCUT2D eigenvalue weighted by molar-refractivity contribution is 7.91. The first-order valence-corrected chi connectivity index (χ1v) is 20.2. The highest BCUT2D eigenvalue weighted by Gasteiger charge is 2.62. The van der Waals surface area contributed by atoms with Crippen LogP contribution in [0.2, 0.25) is 0 Å². The molecule has 1 aromatic rings. The molecule has 3 aliphatic carbocycles. The van der Waals surface area contributed by atoms with Gasteiger partial charge in [0.15, 0.2) is 0 Å². The molecule has 278 valence electrons. The lowest BCUT2D eigenvalue weighted by Crippen LogP contribution is -2.58. The zero-order valence-corrected chi connectivity index (χ0v) is 30.2. The Bertz CT molecular complexity index is 1610. The Kier molecular flexibility index (Phi) is 11.7. The first-order chi connectivity index (χ1) is 24.6. The van der Waals surface area contributed by atoms with Gasteiger partial charge in [0.2, 0.25) is 21.8 Å². The second-order valence-corrected chi connectivity index (χ2v) is 16.6. The summed E-state index contributed by atoms with van der Waals surface area (Å²) in [5.41, 5.74) is 0.187. The molecule has 51 heavy (non-hydrogen) atoms. The number of carbonyl (C=O) groups excluding carboxylic acids is 4.